The second kappa shape index (κ2) is 8.49. The number of hydrogen-bond donors (Lipinski definition) is 0. The molecule has 6 heteroatoms. The van der Waals surface area contributed by atoms with Gasteiger partial charge in [-0.2, -0.15) is 0 Å². The van der Waals surface area contributed by atoms with Crippen LogP contribution in [0.3, 0.4) is 0 Å². The summed E-state index contributed by atoms with van der Waals surface area (Å²) in [6, 6.07) is 11.5. The summed E-state index contributed by atoms with van der Waals surface area (Å²) in [4.78, 5) is 37.3. The largest absolute Gasteiger partial charge is 1.00 e. The molecule has 0 unspecified atom stereocenters. The van der Waals surface area contributed by atoms with Crippen LogP contribution in [0.1, 0.15) is 27.0 Å². The molecule has 2 aromatic carbocycles. The molecule has 0 aromatic heterocycles. The number of carbonyl (C=O) groups excluding carboxylic acids is 1. The van der Waals surface area contributed by atoms with E-state index in [4.69, 9.17) is 0 Å². The molecule has 0 amide bonds. The van der Waals surface area contributed by atoms with Gasteiger partial charge in [-0.05, 0) is 0 Å². The van der Waals surface area contributed by atoms with Crippen LogP contribution in [0.15, 0.2) is 42.5 Å². The summed E-state index contributed by atoms with van der Waals surface area (Å²) < 4.78 is 0. The molecule has 0 fully saturated rings. The summed E-state index contributed by atoms with van der Waals surface area (Å²) in [6.45, 7) is 5.45. The minimum Gasteiger partial charge on any atom is 1.00 e. The molecule has 0 atom stereocenters. The van der Waals surface area contributed by atoms with Gasteiger partial charge in [-0.3, -0.25) is 0 Å². The fourth-order valence-electron chi connectivity index (χ4n) is 2.49. The first kappa shape index (κ1) is 21.7. The molecule has 0 spiro atoms. The zero-order valence-corrected chi connectivity index (χ0v) is 14.8. The molecule has 0 bridgehead atoms. The van der Waals surface area contributed by atoms with Crippen molar-refractivity contribution in [2.75, 3.05) is 0 Å². The number of rotatable bonds is 3. The Bertz CT molecular complexity index is 635. The summed E-state index contributed by atoms with van der Waals surface area (Å²) in [5, 5.41) is 0.0874. The molecule has 0 aliphatic heterocycles. The monoisotopic (exact) mass is 302 g/mol. The second-order valence-corrected chi connectivity index (χ2v) is 7.35. The third-order valence-corrected chi connectivity index (χ3v) is 5.30. The first-order chi connectivity index (χ1) is 9.34. The molecule has 0 aliphatic carbocycles. The Kier molecular flexibility index (Phi) is 8.36. The van der Waals surface area contributed by atoms with Crippen molar-refractivity contribution in [3.05, 3.63) is 64.7 Å². The van der Waals surface area contributed by atoms with Crippen molar-refractivity contribution in [2.45, 2.75) is 20.8 Å². The maximum absolute atomic E-state index is 12.5. The maximum atomic E-state index is 12.5. The summed E-state index contributed by atoms with van der Waals surface area (Å²) in [5.74, 6) is 0. The summed E-state index contributed by atoms with van der Waals surface area (Å²) in [7, 11) is -4.64. The van der Waals surface area contributed by atoms with Gasteiger partial charge in [0, 0.05) is 0 Å². The van der Waals surface area contributed by atoms with Crippen molar-refractivity contribution in [1.29, 1.82) is 0 Å². The molecule has 0 aliphatic rings. The second-order valence-electron chi connectivity index (χ2n) is 5.09. The van der Waals surface area contributed by atoms with Crippen LogP contribution in [-0.4, -0.2) is 5.52 Å². The molecule has 22 heavy (non-hydrogen) atoms. The van der Waals surface area contributed by atoms with Gasteiger partial charge < -0.3 is 0 Å². The fourth-order valence-corrected chi connectivity index (χ4v) is 4.11. The van der Waals surface area contributed by atoms with Crippen LogP contribution in [-0.2, 0) is 0 Å². The van der Waals surface area contributed by atoms with E-state index in [1.165, 1.54) is 12.1 Å². The Morgan fingerprint density at radius 1 is 0.909 bits per heavy atom. The van der Waals surface area contributed by atoms with Crippen LogP contribution in [0.25, 0.3) is 0 Å². The van der Waals surface area contributed by atoms with E-state index in [2.05, 4.69) is 0 Å². The Balaban J connectivity index is 0.00000220. The third-order valence-electron chi connectivity index (χ3n) is 3.36. The van der Waals surface area contributed by atoms with E-state index in [0.717, 1.165) is 5.56 Å². The molecule has 0 heterocycles. The molecular weight excluding hydrogens is 285 g/mol. The molecule has 2 rings (SSSR count). The van der Waals surface area contributed by atoms with E-state index in [-0.39, 0.29) is 43.0 Å². The normalized spacial score (nSPS) is 11.1. The van der Waals surface area contributed by atoms with Crippen molar-refractivity contribution in [2.24, 2.45) is 0 Å². The first-order valence-electron chi connectivity index (χ1n) is 6.43. The Labute approximate surface area is 156 Å². The van der Waals surface area contributed by atoms with Gasteiger partial charge in [0.05, 0.1) is 0 Å². The SMILES string of the molecule is Cc1cc(C)c(C(=O)[PH]([O-])([O-])c2ccccc2)c(C)c1.[Li+].[Li+]. The standard InChI is InChI=1S/C16H17O3P.2Li/c1-11-9-12(2)15(13(3)10-11)16(17)20(18,19)14-7-5-4-6-8-14;;/h4-10,20H,1-3H3;;/q-2;2*+1. The third kappa shape index (κ3) is 4.35. The van der Waals surface area contributed by atoms with Crippen molar-refractivity contribution in [3.8, 4) is 0 Å². The van der Waals surface area contributed by atoms with Crippen molar-refractivity contribution in [1.82, 2.24) is 0 Å². The van der Waals surface area contributed by atoms with E-state index in [9.17, 15) is 14.6 Å². The van der Waals surface area contributed by atoms with Crippen molar-refractivity contribution >= 4 is 18.5 Å². The van der Waals surface area contributed by atoms with E-state index >= 15 is 0 Å². The van der Waals surface area contributed by atoms with Crippen LogP contribution >= 0.6 is 7.72 Å². The molecule has 0 N–H and O–H groups in total. The smallest absolute Gasteiger partial charge is 1.00 e. The molecule has 106 valence electrons. The number of benzene rings is 2. The Morgan fingerprint density at radius 2 is 1.36 bits per heavy atom. The van der Waals surface area contributed by atoms with Crippen molar-refractivity contribution in [3.63, 3.8) is 0 Å². The van der Waals surface area contributed by atoms with E-state index < -0.39 is 13.2 Å². The summed E-state index contributed by atoms with van der Waals surface area (Å²) >= 11 is 0. The Hall–Kier alpha value is -0.345. The molecule has 0 saturated carbocycles. The maximum Gasteiger partial charge on any atom is 1.00 e. The van der Waals surface area contributed by atoms with Gasteiger partial charge in [0.2, 0.25) is 0 Å². The minimum atomic E-state index is -4.64. The van der Waals surface area contributed by atoms with Gasteiger partial charge in [0.1, 0.15) is 0 Å². The van der Waals surface area contributed by atoms with Gasteiger partial charge in [-0.1, -0.05) is 0 Å². The minimum absolute atomic E-state index is 0. The number of hydrogen-bond acceptors (Lipinski definition) is 3. The van der Waals surface area contributed by atoms with E-state index in [0.29, 0.717) is 16.7 Å². The van der Waals surface area contributed by atoms with Crippen LogP contribution < -0.4 is 52.8 Å². The van der Waals surface area contributed by atoms with Gasteiger partial charge in [-0.25, -0.2) is 0 Å². The quantitative estimate of drug-likeness (QED) is 0.423. The van der Waals surface area contributed by atoms with Gasteiger partial charge in [-0.15, -0.1) is 0 Å². The van der Waals surface area contributed by atoms with E-state index in [1.807, 2.05) is 19.1 Å². The van der Waals surface area contributed by atoms with Crippen molar-refractivity contribution < 1.29 is 52.3 Å². The fraction of sp³-hybridized carbons (Fsp3) is 0.188. The molecule has 0 radical (unpaired) electrons. The molecule has 0 saturated heterocycles. The summed E-state index contributed by atoms with van der Waals surface area (Å²) in [5.41, 5.74) is 1.94. The molecular formula is C16H17Li2O3P. The molecule has 2 aromatic rings. The zero-order chi connectivity index (χ0) is 14.9. The van der Waals surface area contributed by atoms with Gasteiger partial charge in [0.15, 0.2) is 0 Å². The summed E-state index contributed by atoms with van der Waals surface area (Å²) in [6.07, 6.45) is 0. The van der Waals surface area contributed by atoms with E-state index in [1.54, 1.807) is 32.0 Å². The predicted octanol–water partition coefficient (Wildman–Crippen LogP) is -4.61. The first-order valence-corrected chi connectivity index (χ1v) is 8.24. The van der Waals surface area contributed by atoms with Crippen LogP contribution in [0.2, 0.25) is 0 Å². The topological polar surface area (TPSA) is 63.2 Å². The number of carbonyl (C=O) groups is 1. The van der Waals surface area contributed by atoms with Crippen LogP contribution in [0.5, 0.6) is 0 Å². The van der Waals surface area contributed by atoms with Gasteiger partial charge >= 0.3 is 156 Å². The zero-order valence-electron chi connectivity index (χ0n) is 13.8. The predicted molar refractivity (Wildman–Crippen MR) is 79.4 cm³/mol. The molecule has 3 nitrogen and oxygen atoms in total. The van der Waals surface area contributed by atoms with Gasteiger partial charge in [0.25, 0.3) is 0 Å². The van der Waals surface area contributed by atoms with Crippen LogP contribution in [0.4, 0.5) is 0 Å². The number of aryl methyl sites for hydroxylation is 3. The average molecular weight is 302 g/mol. The Morgan fingerprint density at radius 3 is 1.82 bits per heavy atom. The average Bonchev–Trinajstić information content (AvgIpc) is 2.38. The van der Waals surface area contributed by atoms with Crippen LogP contribution in [0, 0.1) is 20.8 Å².